The highest BCUT2D eigenvalue weighted by Crippen LogP contribution is 2.26. The SMILES string of the molecule is COC(=O)C1(NCC(F)(F)F)CCS(=O)(=O)C1. The molecule has 5 nitrogen and oxygen atoms in total. The molecular weight excluding hydrogens is 263 g/mol. The highest BCUT2D eigenvalue weighted by molar-refractivity contribution is 7.91. The van der Waals surface area contributed by atoms with Crippen LogP contribution in [0, 0.1) is 0 Å². The first-order valence-corrected chi connectivity index (χ1v) is 6.53. The van der Waals surface area contributed by atoms with Gasteiger partial charge in [-0.25, -0.2) is 8.42 Å². The first kappa shape index (κ1) is 14.2. The minimum absolute atomic E-state index is 0.210. The Morgan fingerprint density at radius 2 is 2.06 bits per heavy atom. The molecule has 1 N–H and O–H groups in total. The van der Waals surface area contributed by atoms with Gasteiger partial charge >= 0.3 is 12.1 Å². The van der Waals surface area contributed by atoms with Gasteiger partial charge in [0, 0.05) is 0 Å². The zero-order valence-electron chi connectivity index (χ0n) is 9.00. The molecule has 1 saturated heterocycles. The molecule has 0 radical (unpaired) electrons. The lowest BCUT2D eigenvalue weighted by Crippen LogP contribution is -2.56. The van der Waals surface area contributed by atoms with Gasteiger partial charge in [0.1, 0.15) is 5.54 Å². The van der Waals surface area contributed by atoms with E-state index in [-0.39, 0.29) is 12.2 Å². The summed E-state index contributed by atoms with van der Waals surface area (Å²) in [7, 11) is -2.50. The van der Waals surface area contributed by atoms with Gasteiger partial charge in [-0.15, -0.1) is 0 Å². The molecule has 100 valence electrons. The molecule has 0 saturated carbocycles. The van der Waals surface area contributed by atoms with Gasteiger partial charge in [0.05, 0.1) is 25.2 Å². The van der Waals surface area contributed by atoms with Crippen LogP contribution in [0.15, 0.2) is 0 Å². The van der Waals surface area contributed by atoms with E-state index in [1.165, 1.54) is 0 Å². The van der Waals surface area contributed by atoms with Gasteiger partial charge in [-0.2, -0.15) is 13.2 Å². The second-order valence-electron chi connectivity index (χ2n) is 3.88. The van der Waals surface area contributed by atoms with Crippen molar-refractivity contribution < 1.29 is 31.1 Å². The van der Waals surface area contributed by atoms with Gasteiger partial charge < -0.3 is 4.74 Å². The summed E-state index contributed by atoms with van der Waals surface area (Å²) in [6.45, 7) is -1.43. The Morgan fingerprint density at radius 3 is 2.41 bits per heavy atom. The quantitative estimate of drug-likeness (QED) is 0.726. The van der Waals surface area contributed by atoms with E-state index in [4.69, 9.17) is 0 Å². The van der Waals surface area contributed by atoms with E-state index in [2.05, 4.69) is 4.74 Å². The molecule has 0 aliphatic carbocycles. The van der Waals surface area contributed by atoms with E-state index in [1.807, 2.05) is 5.32 Å². The summed E-state index contributed by atoms with van der Waals surface area (Å²) in [4.78, 5) is 11.4. The van der Waals surface area contributed by atoms with Gasteiger partial charge in [0.25, 0.3) is 0 Å². The first-order valence-electron chi connectivity index (χ1n) is 4.71. The summed E-state index contributed by atoms with van der Waals surface area (Å²) < 4.78 is 63.1. The number of hydrogen-bond acceptors (Lipinski definition) is 5. The molecule has 0 aromatic carbocycles. The molecule has 9 heteroatoms. The van der Waals surface area contributed by atoms with E-state index in [0.717, 1.165) is 7.11 Å². The van der Waals surface area contributed by atoms with Crippen LogP contribution in [-0.4, -0.2) is 51.3 Å². The van der Waals surface area contributed by atoms with Crippen LogP contribution in [0.5, 0.6) is 0 Å². The van der Waals surface area contributed by atoms with Crippen LogP contribution in [-0.2, 0) is 19.4 Å². The Balaban J connectivity index is 2.86. The molecule has 1 aliphatic rings. The highest BCUT2D eigenvalue weighted by atomic mass is 32.2. The van der Waals surface area contributed by atoms with Crippen molar-refractivity contribution in [2.45, 2.75) is 18.1 Å². The maximum absolute atomic E-state index is 12.1. The molecule has 1 rings (SSSR count). The fourth-order valence-electron chi connectivity index (χ4n) is 1.69. The third-order valence-electron chi connectivity index (χ3n) is 2.51. The number of nitrogens with one attached hydrogen (secondary N) is 1. The Kier molecular flexibility index (Phi) is 3.72. The number of methoxy groups -OCH3 is 1. The number of halogens is 3. The van der Waals surface area contributed by atoms with E-state index in [0.29, 0.717) is 0 Å². The van der Waals surface area contributed by atoms with E-state index in [1.54, 1.807) is 0 Å². The number of alkyl halides is 3. The van der Waals surface area contributed by atoms with Gasteiger partial charge in [0.2, 0.25) is 0 Å². The lowest BCUT2D eigenvalue weighted by Gasteiger charge is -2.26. The molecular formula is C8H12F3NO4S. The molecule has 0 aromatic heterocycles. The first-order chi connectivity index (χ1) is 7.60. The maximum Gasteiger partial charge on any atom is 0.401 e. The highest BCUT2D eigenvalue weighted by Gasteiger charge is 2.50. The monoisotopic (exact) mass is 275 g/mol. The van der Waals surface area contributed by atoms with E-state index >= 15 is 0 Å². The van der Waals surface area contributed by atoms with Crippen LogP contribution in [0.1, 0.15) is 6.42 Å². The molecule has 0 spiro atoms. The smallest absolute Gasteiger partial charge is 0.401 e. The third-order valence-corrected chi connectivity index (χ3v) is 4.27. The van der Waals surface area contributed by atoms with Crippen molar-refractivity contribution in [1.82, 2.24) is 5.32 Å². The van der Waals surface area contributed by atoms with Crippen molar-refractivity contribution in [3.05, 3.63) is 0 Å². The van der Waals surface area contributed by atoms with Gasteiger partial charge in [-0.3, -0.25) is 10.1 Å². The Bertz CT molecular complexity index is 405. The number of ether oxygens (including phenoxy) is 1. The van der Waals surface area contributed by atoms with Crippen molar-refractivity contribution in [1.29, 1.82) is 0 Å². The maximum atomic E-state index is 12.1. The molecule has 1 unspecified atom stereocenters. The Labute approximate surface area is 96.2 Å². The van der Waals surface area contributed by atoms with E-state index in [9.17, 15) is 26.4 Å². The third kappa shape index (κ3) is 3.56. The summed E-state index contributed by atoms with van der Waals surface area (Å²) in [5, 5.41) is 1.96. The van der Waals surface area contributed by atoms with Gasteiger partial charge in [-0.1, -0.05) is 0 Å². The number of esters is 1. The average Bonchev–Trinajstić information content (AvgIpc) is 2.51. The Morgan fingerprint density at radius 1 is 1.47 bits per heavy atom. The van der Waals surface area contributed by atoms with Crippen LogP contribution in [0.2, 0.25) is 0 Å². The predicted octanol–water partition coefficient (Wildman–Crippen LogP) is -0.131. The van der Waals surface area contributed by atoms with Crippen molar-refractivity contribution in [3.8, 4) is 0 Å². The summed E-state index contributed by atoms with van der Waals surface area (Å²) in [5.41, 5.74) is -1.77. The number of rotatable bonds is 3. The van der Waals surface area contributed by atoms with Gasteiger partial charge in [-0.05, 0) is 6.42 Å². The molecule has 1 fully saturated rings. The van der Waals surface area contributed by atoms with Crippen LogP contribution < -0.4 is 5.32 Å². The molecule has 17 heavy (non-hydrogen) atoms. The van der Waals surface area contributed by atoms with Crippen molar-refractivity contribution in [3.63, 3.8) is 0 Å². The molecule has 0 aromatic rings. The summed E-state index contributed by atoms with van der Waals surface area (Å²) in [6, 6.07) is 0. The average molecular weight is 275 g/mol. The molecule has 0 amide bonds. The van der Waals surface area contributed by atoms with Crippen LogP contribution in [0.4, 0.5) is 13.2 Å². The zero-order chi connectivity index (χ0) is 13.3. The largest absolute Gasteiger partial charge is 0.468 e. The van der Waals surface area contributed by atoms with Crippen molar-refractivity contribution >= 4 is 15.8 Å². The van der Waals surface area contributed by atoms with Crippen LogP contribution >= 0.6 is 0 Å². The van der Waals surface area contributed by atoms with Crippen LogP contribution in [0.3, 0.4) is 0 Å². The lowest BCUT2D eigenvalue weighted by molar-refractivity contribution is -0.152. The standard InChI is InChI=1S/C8H12F3NO4S/c1-16-6(13)7(12-4-8(9,10)11)2-3-17(14,15)5-7/h12H,2-5H2,1H3. The van der Waals surface area contributed by atoms with E-state index < -0.39 is 39.8 Å². The van der Waals surface area contributed by atoms with Crippen LogP contribution in [0.25, 0.3) is 0 Å². The number of sulfone groups is 1. The number of carbonyl (C=O) groups excluding carboxylic acids is 1. The van der Waals surface area contributed by atoms with Crippen molar-refractivity contribution in [2.75, 3.05) is 25.2 Å². The van der Waals surface area contributed by atoms with Gasteiger partial charge in [0.15, 0.2) is 9.84 Å². The topological polar surface area (TPSA) is 72.5 Å². The Hall–Kier alpha value is -0.830. The normalized spacial score (nSPS) is 28.0. The zero-order valence-corrected chi connectivity index (χ0v) is 9.82. The number of hydrogen-bond donors (Lipinski definition) is 1. The van der Waals surface area contributed by atoms with Crippen molar-refractivity contribution in [2.24, 2.45) is 0 Å². The fourth-order valence-corrected chi connectivity index (χ4v) is 3.61. The minimum Gasteiger partial charge on any atom is -0.468 e. The molecule has 1 heterocycles. The predicted molar refractivity (Wildman–Crippen MR) is 52.1 cm³/mol. The fraction of sp³-hybridized carbons (Fsp3) is 0.875. The molecule has 0 bridgehead atoms. The molecule has 1 aliphatic heterocycles. The second kappa shape index (κ2) is 4.45. The summed E-state index contributed by atoms with van der Waals surface area (Å²) in [6.07, 6.45) is -4.73. The lowest BCUT2D eigenvalue weighted by atomic mass is 9.99. The number of carbonyl (C=O) groups is 1. The minimum atomic E-state index is -4.52. The summed E-state index contributed by atoms with van der Waals surface area (Å²) >= 11 is 0. The second-order valence-corrected chi connectivity index (χ2v) is 6.07. The molecule has 1 atom stereocenters. The summed E-state index contributed by atoms with van der Waals surface area (Å²) in [5.74, 6) is -1.97.